The molecule has 2 aromatic carbocycles. The van der Waals surface area contributed by atoms with Gasteiger partial charge in [-0.15, -0.1) is 10.2 Å². The zero-order chi connectivity index (χ0) is 21.5. The molecule has 156 valence electrons. The summed E-state index contributed by atoms with van der Waals surface area (Å²) in [6.45, 7) is 0.266. The van der Waals surface area contributed by atoms with E-state index in [0.717, 1.165) is 0 Å². The number of nitrogens with one attached hydrogen (secondary N) is 2. The Morgan fingerprint density at radius 2 is 1.97 bits per heavy atom. The molecule has 0 fully saturated rings. The highest BCUT2D eigenvalue weighted by Gasteiger charge is 2.14. The molecule has 0 unspecified atom stereocenters. The molecule has 3 aromatic rings. The number of halogens is 1. The summed E-state index contributed by atoms with van der Waals surface area (Å²) >= 11 is 1.22. The van der Waals surface area contributed by atoms with E-state index < -0.39 is 11.7 Å². The van der Waals surface area contributed by atoms with Gasteiger partial charge in [-0.25, -0.2) is 4.39 Å². The van der Waals surface area contributed by atoms with Gasteiger partial charge in [0, 0.05) is 31.8 Å². The van der Waals surface area contributed by atoms with Gasteiger partial charge >= 0.3 is 0 Å². The minimum atomic E-state index is -0.573. The number of anilines is 1. The lowest BCUT2D eigenvalue weighted by molar-refractivity contribution is -0.113. The Balaban J connectivity index is 1.48. The third kappa shape index (κ3) is 5.57. The van der Waals surface area contributed by atoms with Crippen LogP contribution in [0.1, 0.15) is 16.2 Å². The number of thioether (sulfide) groups is 1. The number of hydrogen-bond acceptors (Lipinski definition) is 6. The maximum absolute atomic E-state index is 13.6. The summed E-state index contributed by atoms with van der Waals surface area (Å²) in [6.07, 6.45) is 0.403. The van der Waals surface area contributed by atoms with Crippen molar-refractivity contribution in [2.45, 2.75) is 11.6 Å². The van der Waals surface area contributed by atoms with Crippen LogP contribution in [-0.2, 0) is 18.3 Å². The Morgan fingerprint density at radius 3 is 2.73 bits per heavy atom. The minimum Gasteiger partial charge on any atom is -0.508 e. The van der Waals surface area contributed by atoms with Crippen LogP contribution in [0.3, 0.4) is 0 Å². The van der Waals surface area contributed by atoms with Crippen molar-refractivity contribution >= 4 is 29.3 Å². The number of aromatic nitrogens is 3. The van der Waals surface area contributed by atoms with Crippen LogP contribution in [0.2, 0.25) is 0 Å². The topological polar surface area (TPSA) is 109 Å². The second-order valence-electron chi connectivity index (χ2n) is 6.33. The van der Waals surface area contributed by atoms with Crippen molar-refractivity contribution < 1.29 is 19.1 Å². The van der Waals surface area contributed by atoms with E-state index in [2.05, 4.69) is 20.8 Å². The van der Waals surface area contributed by atoms with Crippen molar-refractivity contribution in [2.24, 2.45) is 7.05 Å². The monoisotopic (exact) mass is 429 g/mol. The van der Waals surface area contributed by atoms with Crippen LogP contribution in [0.4, 0.5) is 10.1 Å². The third-order valence-electron chi connectivity index (χ3n) is 4.14. The number of benzene rings is 2. The molecule has 3 rings (SSSR count). The molecule has 3 N–H and O–H groups in total. The highest BCUT2D eigenvalue weighted by molar-refractivity contribution is 7.99. The Labute approximate surface area is 176 Å². The molecule has 8 nitrogen and oxygen atoms in total. The first-order valence-electron chi connectivity index (χ1n) is 9.06. The molecular weight excluding hydrogens is 409 g/mol. The number of rotatable bonds is 8. The molecule has 0 saturated heterocycles. The quantitative estimate of drug-likeness (QED) is 0.475. The molecular formula is C20H20FN5O3S. The zero-order valence-corrected chi connectivity index (χ0v) is 16.9. The van der Waals surface area contributed by atoms with E-state index in [1.54, 1.807) is 29.8 Å². The smallest absolute Gasteiger partial charge is 0.254 e. The lowest BCUT2D eigenvalue weighted by Crippen LogP contribution is -2.27. The van der Waals surface area contributed by atoms with Crippen molar-refractivity contribution in [3.8, 4) is 5.75 Å². The normalized spacial score (nSPS) is 10.6. The SMILES string of the molecule is Cn1c(CCNC(=O)c2ccccc2F)nnc1SCC(=O)Nc1cccc(O)c1. The maximum atomic E-state index is 13.6. The number of aromatic hydroxyl groups is 1. The fraction of sp³-hybridized carbons (Fsp3) is 0.200. The van der Waals surface area contributed by atoms with Crippen molar-refractivity contribution in [2.75, 3.05) is 17.6 Å². The number of nitrogens with zero attached hydrogens (tertiary/aromatic N) is 3. The van der Waals surface area contributed by atoms with Crippen LogP contribution >= 0.6 is 11.8 Å². The first-order valence-corrected chi connectivity index (χ1v) is 10.1. The van der Waals surface area contributed by atoms with Gasteiger partial charge in [0.1, 0.15) is 17.4 Å². The highest BCUT2D eigenvalue weighted by atomic mass is 32.2. The van der Waals surface area contributed by atoms with Crippen LogP contribution in [-0.4, -0.2) is 44.0 Å². The number of amides is 2. The second-order valence-corrected chi connectivity index (χ2v) is 7.27. The van der Waals surface area contributed by atoms with Crippen LogP contribution in [0.25, 0.3) is 0 Å². The Morgan fingerprint density at radius 1 is 1.17 bits per heavy atom. The Kier molecular flexibility index (Phi) is 7.02. The maximum Gasteiger partial charge on any atom is 0.254 e. The fourth-order valence-corrected chi connectivity index (χ4v) is 3.36. The molecule has 0 atom stereocenters. The molecule has 0 saturated carbocycles. The lowest BCUT2D eigenvalue weighted by Gasteiger charge is -2.07. The molecule has 0 radical (unpaired) electrons. The molecule has 0 aliphatic rings. The summed E-state index contributed by atoms with van der Waals surface area (Å²) in [5.74, 6) is -0.497. The molecule has 0 bridgehead atoms. The predicted octanol–water partition coefficient (Wildman–Crippen LogP) is 2.36. The van der Waals surface area contributed by atoms with Crippen molar-refractivity contribution in [1.29, 1.82) is 0 Å². The average molecular weight is 429 g/mol. The van der Waals surface area contributed by atoms with Gasteiger partial charge < -0.3 is 20.3 Å². The number of phenolic OH excluding ortho intramolecular Hbond substituents is 1. The largest absolute Gasteiger partial charge is 0.508 e. The fourth-order valence-electron chi connectivity index (χ4n) is 2.63. The molecule has 0 aliphatic carbocycles. The van der Waals surface area contributed by atoms with Crippen molar-refractivity contribution in [3.63, 3.8) is 0 Å². The van der Waals surface area contributed by atoms with Crippen molar-refractivity contribution in [3.05, 3.63) is 65.7 Å². The van der Waals surface area contributed by atoms with Gasteiger partial charge in [0.15, 0.2) is 5.16 Å². The summed E-state index contributed by atoms with van der Waals surface area (Å²) in [5, 5.41) is 23.5. The van der Waals surface area contributed by atoms with Gasteiger partial charge in [-0.3, -0.25) is 9.59 Å². The van der Waals surface area contributed by atoms with Gasteiger partial charge in [-0.05, 0) is 24.3 Å². The molecule has 0 spiro atoms. The lowest BCUT2D eigenvalue weighted by atomic mass is 10.2. The van der Waals surface area contributed by atoms with E-state index in [-0.39, 0.29) is 29.5 Å². The van der Waals surface area contributed by atoms with Gasteiger partial charge in [0.05, 0.1) is 11.3 Å². The summed E-state index contributed by atoms with van der Waals surface area (Å²) in [4.78, 5) is 24.1. The van der Waals surface area contributed by atoms with Gasteiger partial charge in [0.2, 0.25) is 5.91 Å². The molecule has 0 aliphatic heterocycles. The second kappa shape index (κ2) is 9.88. The first kappa shape index (κ1) is 21.3. The summed E-state index contributed by atoms with van der Waals surface area (Å²) in [7, 11) is 1.77. The van der Waals surface area contributed by atoms with Crippen LogP contribution < -0.4 is 10.6 Å². The number of carbonyl (C=O) groups is 2. The van der Waals surface area contributed by atoms with E-state index in [9.17, 15) is 19.1 Å². The third-order valence-corrected chi connectivity index (χ3v) is 5.16. The van der Waals surface area contributed by atoms with Gasteiger partial charge in [-0.1, -0.05) is 30.0 Å². The van der Waals surface area contributed by atoms with Gasteiger partial charge in [0.25, 0.3) is 5.91 Å². The number of hydrogen-bond donors (Lipinski definition) is 3. The van der Waals surface area contributed by atoms with Gasteiger partial charge in [-0.2, -0.15) is 0 Å². The van der Waals surface area contributed by atoms with E-state index in [0.29, 0.717) is 23.1 Å². The highest BCUT2D eigenvalue weighted by Crippen LogP contribution is 2.18. The summed E-state index contributed by atoms with van der Waals surface area (Å²) in [6, 6.07) is 12.1. The zero-order valence-electron chi connectivity index (χ0n) is 16.1. The molecule has 2 amide bonds. The van der Waals surface area contributed by atoms with Crippen LogP contribution in [0.15, 0.2) is 53.7 Å². The summed E-state index contributed by atoms with van der Waals surface area (Å²) < 4.78 is 15.4. The molecule has 10 heteroatoms. The number of phenols is 1. The minimum absolute atomic E-state index is 0.00976. The van der Waals surface area contributed by atoms with E-state index in [1.165, 1.54) is 42.1 Å². The predicted molar refractivity (Wildman–Crippen MR) is 111 cm³/mol. The molecule has 1 heterocycles. The first-order chi connectivity index (χ1) is 14.4. The molecule has 1 aromatic heterocycles. The molecule has 30 heavy (non-hydrogen) atoms. The average Bonchev–Trinajstić information content (AvgIpc) is 3.06. The summed E-state index contributed by atoms with van der Waals surface area (Å²) in [5.41, 5.74) is 0.495. The Hall–Kier alpha value is -3.40. The van der Waals surface area contributed by atoms with Crippen LogP contribution in [0, 0.1) is 5.82 Å². The van der Waals surface area contributed by atoms with E-state index in [1.807, 2.05) is 0 Å². The van der Waals surface area contributed by atoms with E-state index in [4.69, 9.17) is 0 Å². The van der Waals surface area contributed by atoms with Crippen LogP contribution in [0.5, 0.6) is 5.75 Å². The number of carbonyl (C=O) groups excluding carboxylic acids is 2. The Bertz CT molecular complexity index is 1060. The standard InChI is InChI=1S/C20H20FN5O3S/c1-26-17(9-10-22-19(29)15-7-2-3-8-16(15)21)24-25-20(26)30-12-18(28)23-13-5-4-6-14(27)11-13/h2-8,11,27H,9-10,12H2,1H3,(H,22,29)(H,23,28). The van der Waals surface area contributed by atoms with E-state index >= 15 is 0 Å². The van der Waals surface area contributed by atoms with Crippen molar-refractivity contribution in [1.82, 2.24) is 20.1 Å².